The molecule has 0 saturated carbocycles. The number of aryl methyl sites for hydroxylation is 1. The van der Waals surface area contributed by atoms with Crippen LogP contribution in [0.4, 0.5) is 0 Å². The number of aromatic amines is 1. The largest absolute Gasteiger partial charge is 0.373 e. The average molecular weight is 311 g/mol. The zero-order valence-corrected chi connectivity index (χ0v) is 12.6. The molecule has 22 heavy (non-hydrogen) atoms. The van der Waals surface area contributed by atoms with E-state index in [-0.39, 0.29) is 6.15 Å². The third-order valence-electron chi connectivity index (χ3n) is 2.85. The first-order valence-electron chi connectivity index (χ1n) is 6.43. The van der Waals surface area contributed by atoms with Crippen molar-refractivity contribution in [3.8, 4) is 11.1 Å². The van der Waals surface area contributed by atoms with Gasteiger partial charge in [-0.05, 0) is 30.2 Å². The van der Waals surface area contributed by atoms with Gasteiger partial charge < -0.3 is 0 Å². The fourth-order valence-electron chi connectivity index (χ4n) is 1.82. The van der Waals surface area contributed by atoms with Crippen molar-refractivity contribution in [2.75, 3.05) is 0 Å². The average Bonchev–Trinajstić information content (AvgIpc) is 3.03. The number of hydrogen-bond acceptors (Lipinski definition) is 5. The maximum absolute atomic E-state index is 8.12. The van der Waals surface area contributed by atoms with Crippen LogP contribution in [-0.4, -0.2) is 21.6 Å². The van der Waals surface area contributed by atoms with Gasteiger partial charge >= 0.3 is 6.15 Å². The fraction of sp³-hybridized carbons (Fsp3) is 0.0625. The lowest BCUT2D eigenvalue weighted by Gasteiger charge is -2.03. The van der Waals surface area contributed by atoms with Gasteiger partial charge in [0.15, 0.2) is 0 Å². The Hall–Kier alpha value is -2.69. The van der Waals surface area contributed by atoms with Crippen LogP contribution in [0.1, 0.15) is 5.56 Å². The summed E-state index contributed by atoms with van der Waals surface area (Å²) in [6.07, 6.45) is 1.97. The van der Waals surface area contributed by atoms with E-state index in [0.29, 0.717) is 0 Å². The normalized spacial score (nSPS) is 9.50. The van der Waals surface area contributed by atoms with Crippen LogP contribution in [0.15, 0.2) is 64.6 Å². The van der Waals surface area contributed by atoms with E-state index in [4.69, 9.17) is 9.59 Å². The number of nitrogens with one attached hydrogen (secondary N) is 1. The molecule has 0 radical (unpaired) electrons. The van der Waals surface area contributed by atoms with Crippen LogP contribution in [-0.2, 0) is 9.59 Å². The predicted octanol–water partition coefficient (Wildman–Crippen LogP) is 3.35. The van der Waals surface area contributed by atoms with Gasteiger partial charge in [0.1, 0.15) is 5.03 Å². The molecule has 3 aromatic rings. The Kier molecular flexibility index (Phi) is 5.65. The van der Waals surface area contributed by atoms with Crippen LogP contribution in [0.5, 0.6) is 0 Å². The van der Waals surface area contributed by atoms with Crippen molar-refractivity contribution in [2.45, 2.75) is 16.8 Å². The van der Waals surface area contributed by atoms with E-state index in [1.807, 2.05) is 0 Å². The van der Waals surface area contributed by atoms with Gasteiger partial charge in [-0.1, -0.05) is 53.7 Å². The molecule has 0 atom stereocenters. The molecule has 0 spiro atoms. The number of carbonyl (C=O) groups excluding carboxylic acids is 2. The zero-order valence-electron chi connectivity index (χ0n) is 11.8. The maximum atomic E-state index is 8.12. The third kappa shape index (κ3) is 4.41. The van der Waals surface area contributed by atoms with Crippen LogP contribution in [0, 0.1) is 6.92 Å². The summed E-state index contributed by atoms with van der Waals surface area (Å²) in [5, 5.41) is 11.3. The van der Waals surface area contributed by atoms with E-state index in [2.05, 4.69) is 70.9 Å². The topological polar surface area (TPSA) is 75.7 Å². The second kappa shape index (κ2) is 7.93. The smallest absolute Gasteiger partial charge is 0.197 e. The van der Waals surface area contributed by atoms with Gasteiger partial charge in [0, 0.05) is 4.90 Å². The second-order valence-electron chi connectivity index (χ2n) is 4.38. The number of nitrogens with zero attached hydrogens (tertiary/aromatic N) is 2. The number of H-pyrrole nitrogens is 1. The van der Waals surface area contributed by atoms with Gasteiger partial charge in [-0.2, -0.15) is 19.9 Å². The van der Waals surface area contributed by atoms with Gasteiger partial charge in [0.05, 0.1) is 6.20 Å². The molecule has 0 fully saturated rings. The number of rotatable bonds is 3. The van der Waals surface area contributed by atoms with Crippen molar-refractivity contribution in [1.29, 1.82) is 0 Å². The highest BCUT2D eigenvalue weighted by Gasteiger charge is 2.01. The Morgan fingerprint density at radius 3 is 2.00 bits per heavy atom. The maximum Gasteiger partial charge on any atom is 0.373 e. The molecular weight excluding hydrogens is 298 g/mol. The molecule has 0 bridgehead atoms. The van der Waals surface area contributed by atoms with Gasteiger partial charge in [-0.15, -0.1) is 5.10 Å². The molecule has 0 saturated heterocycles. The van der Waals surface area contributed by atoms with Crippen LogP contribution in [0.2, 0.25) is 0 Å². The van der Waals surface area contributed by atoms with Crippen LogP contribution < -0.4 is 0 Å². The molecule has 5 nitrogen and oxygen atoms in total. The van der Waals surface area contributed by atoms with Crippen LogP contribution >= 0.6 is 11.8 Å². The summed E-state index contributed by atoms with van der Waals surface area (Å²) in [7, 11) is 0. The van der Waals surface area contributed by atoms with E-state index in [1.165, 1.54) is 16.7 Å². The zero-order chi connectivity index (χ0) is 15.8. The van der Waals surface area contributed by atoms with Gasteiger partial charge in [0.25, 0.3) is 0 Å². The van der Waals surface area contributed by atoms with Crippen molar-refractivity contribution >= 4 is 17.9 Å². The third-order valence-corrected chi connectivity index (χ3v) is 3.77. The number of hydrogen-bond donors (Lipinski definition) is 1. The van der Waals surface area contributed by atoms with Crippen molar-refractivity contribution in [1.82, 2.24) is 15.4 Å². The highest BCUT2D eigenvalue weighted by atomic mass is 32.2. The summed E-state index contributed by atoms with van der Waals surface area (Å²) in [6.45, 7) is 2.10. The molecule has 0 aliphatic carbocycles. The van der Waals surface area contributed by atoms with Crippen molar-refractivity contribution in [3.05, 3.63) is 60.3 Å². The summed E-state index contributed by atoms with van der Waals surface area (Å²) < 4.78 is 0. The lowest BCUT2D eigenvalue weighted by molar-refractivity contribution is -0.191. The fourth-order valence-corrected chi connectivity index (χ4v) is 2.53. The van der Waals surface area contributed by atoms with E-state index in [9.17, 15) is 0 Å². The van der Waals surface area contributed by atoms with E-state index >= 15 is 0 Å². The van der Waals surface area contributed by atoms with Gasteiger partial charge in [-0.25, -0.2) is 0 Å². The Morgan fingerprint density at radius 1 is 0.955 bits per heavy atom. The molecular formula is C16H13N3O2S. The van der Waals surface area contributed by atoms with E-state index < -0.39 is 0 Å². The monoisotopic (exact) mass is 311 g/mol. The molecule has 3 rings (SSSR count). The Morgan fingerprint density at radius 2 is 1.50 bits per heavy atom. The van der Waals surface area contributed by atoms with Crippen molar-refractivity contribution in [3.63, 3.8) is 0 Å². The van der Waals surface area contributed by atoms with Crippen molar-refractivity contribution in [2.24, 2.45) is 0 Å². The molecule has 6 heteroatoms. The van der Waals surface area contributed by atoms with E-state index in [1.54, 1.807) is 18.0 Å². The standard InChI is InChI=1S/C15H13N3S.CO2/c1-11-2-4-12(5-3-11)13-6-8-14(9-7-13)19-15-10-16-18-17-15;2-1-3/h2-10H,1H3,(H,16,17,18);. The summed E-state index contributed by atoms with van der Waals surface area (Å²) in [5.74, 6) is 0. The van der Waals surface area contributed by atoms with Crippen molar-refractivity contribution < 1.29 is 9.59 Å². The van der Waals surface area contributed by atoms with Crippen LogP contribution in [0.3, 0.4) is 0 Å². The number of aromatic nitrogens is 3. The summed E-state index contributed by atoms with van der Waals surface area (Å²) in [6, 6.07) is 17.0. The SMILES string of the molecule is Cc1ccc(-c2ccc(Sc3cn[nH]n3)cc2)cc1.O=C=O. The van der Waals surface area contributed by atoms with Gasteiger partial charge in [0.2, 0.25) is 0 Å². The lowest BCUT2D eigenvalue weighted by Crippen LogP contribution is -1.79. The highest BCUT2D eigenvalue weighted by molar-refractivity contribution is 7.99. The molecule has 2 aromatic carbocycles. The minimum absolute atomic E-state index is 0.250. The molecule has 110 valence electrons. The summed E-state index contributed by atoms with van der Waals surface area (Å²) in [4.78, 5) is 17.4. The minimum atomic E-state index is 0.250. The molecule has 0 aliphatic heterocycles. The van der Waals surface area contributed by atoms with Crippen LogP contribution in [0.25, 0.3) is 11.1 Å². The predicted molar refractivity (Wildman–Crippen MR) is 82.1 cm³/mol. The Labute approximate surface area is 131 Å². The second-order valence-corrected chi connectivity index (χ2v) is 5.48. The molecule has 1 aromatic heterocycles. The molecule has 1 N–H and O–H groups in total. The first-order valence-corrected chi connectivity index (χ1v) is 7.24. The molecule has 0 amide bonds. The highest BCUT2D eigenvalue weighted by Crippen LogP contribution is 2.28. The Balaban J connectivity index is 0.000000545. The quantitative estimate of drug-likeness (QED) is 0.802. The summed E-state index contributed by atoms with van der Waals surface area (Å²) >= 11 is 1.60. The molecule has 0 unspecified atom stereocenters. The summed E-state index contributed by atoms with van der Waals surface area (Å²) in [5.41, 5.74) is 3.75. The minimum Gasteiger partial charge on any atom is -0.197 e. The first kappa shape index (κ1) is 15.7. The Bertz CT molecular complexity index is 732. The lowest BCUT2D eigenvalue weighted by atomic mass is 10.0. The van der Waals surface area contributed by atoms with Gasteiger partial charge in [-0.3, -0.25) is 0 Å². The molecule has 1 heterocycles. The molecule has 0 aliphatic rings. The first-order chi connectivity index (χ1) is 10.7. The van der Waals surface area contributed by atoms with E-state index in [0.717, 1.165) is 9.92 Å². The number of benzene rings is 2.